The highest BCUT2D eigenvalue weighted by Crippen LogP contribution is 2.36. The van der Waals surface area contributed by atoms with Crippen LogP contribution in [0, 0.1) is 0 Å². The van der Waals surface area contributed by atoms with Crippen molar-refractivity contribution in [2.24, 2.45) is 0 Å². The van der Waals surface area contributed by atoms with Crippen molar-refractivity contribution in [1.82, 2.24) is 10.6 Å². The number of carbonyl (C=O) groups is 1. The van der Waals surface area contributed by atoms with Crippen LogP contribution in [0.4, 0.5) is 0 Å². The second-order valence-corrected chi connectivity index (χ2v) is 7.07. The van der Waals surface area contributed by atoms with E-state index in [1.807, 2.05) is 29.6 Å². The van der Waals surface area contributed by atoms with Gasteiger partial charge in [-0.2, -0.15) is 0 Å². The maximum atomic E-state index is 12.3. The van der Waals surface area contributed by atoms with E-state index in [9.17, 15) is 4.79 Å². The Balaban J connectivity index is 1.55. The second kappa shape index (κ2) is 7.19. The van der Waals surface area contributed by atoms with Crippen LogP contribution < -0.4 is 20.1 Å². The zero-order valence-electron chi connectivity index (χ0n) is 13.8. The smallest absolute Gasteiger partial charge is 0.246 e. The number of thiophene rings is 1. The number of carbonyl (C=O) groups excluding carboxylic acids is 1. The van der Waals surface area contributed by atoms with Gasteiger partial charge in [-0.3, -0.25) is 4.79 Å². The lowest BCUT2D eigenvalue weighted by atomic mass is 9.97. The minimum atomic E-state index is -0.101. The van der Waals surface area contributed by atoms with Crippen LogP contribution in [-0.2, 0) is 17.8 Å². The molecule has 0 bridgehead atoms. The third kappa shape index (κ3) is 3.64. The lowest BCUT2D eigenvalue weighted by Crippen LogP contribution is -2.26. The minimum Gasteiger partial charge on any atom is -0.490 e. The van der Waals surface area contributed by atoms with Gasteiger partial charge in [0.05, 0.1) is 19.8 Å². The Labute approximate surface area is 150 Å². The normalized spacial score (nSPS) is 17.4. The lowest BCUT2D eigenvalue weighted by molar-refractivity contribution is -0.116. The fourth-order valence-corrected chi connectivity index (χ4v) is 3.68. The van der Waals surface area contributed by atoms with E-state index in [4.69, 9.17) is 9.47 Å². The van der Waals surface area contributed by atoms with E-state index in [2.05, 4.69) is 10.6 Å². The van der Waals surface area contributed by atoms with Gasteiger partial charge >= 0.3 is 0 Å². The number of fused-ring (bicyclic) bond motifs is 2. The third-order valence-corrected chi connectivity index (χ3v) is 5.14. The van der Waals surface area contributed by atoms with Crippen molar-refractivity contribution in [2.45, 2.75) is 19.4 Å². The van der Waals surface area contributed by atoms with Gasteiger partial charge < -0.3 is 20.1 Å². The molecule has 6 heteroatoms. The summed E-state index contributed by atoms with van der Waals surface area (Å²) in [6, 6.07) is 8.03. The number of hydrogen-bond acceptors (Lipinski definition) is 5. The van der Waals surface area contributed by atoms with E-state index in [-0.39, 0.29) is 5.91 Å². The van der Waals surface area contributed by atoms with Crippen molar-refractivity contribution >= 4 is 22.9 Å². The predicted molar refractivity (Wildman–Crippen MR) is 97.9 cm³/mol. The Kier molecular flexibility index (Phi) is 4.61. The number of rotatable bonds is 3. The van der Waals surface area contributed by atoms with E-state index in [0.29, 0.717) is 19.8 Å². The molecule has 1 aromatic heterocycles. The van der Waals surface area contributed by atoms with Gasteiger partial charge in [-0.25, -0.2) is 0 Å². The van der Waals surface area contributed by atoms with Gasteiger partial charge in [0.2, 0.25) is 5.91 Å². The third-order valence-electron chi connectivity index (χ3n) is 4.27. The molecule has 1 aromatic carbocycles. The SMILES string of the molecule is O=C(/C=C1\NCCc2cc3c(cc21)OCCCO3)NCc1cccs1. The first-order valence-electron chi connectivity index (χ1n) is 8.48. The minimum absolute atomic E-state index is 0.101. The van der Waals surface area contributed by atoms with E-state index in [1.165, 1.54) is 5.56 Å². The van der Waals surface area contributed by atoms with Crippen molar-refractivity contribution in [2.75, 3.05) is 19.8 Å². The summed E-state index contributed by atoms with van der Waals surface area (Å²) in [4.78, 5) is 13.4. The molecule has 2 aliphatic rings. The number of benzene rings is 1. The molecule has 0 atom stereocenters. The van der Waals surface area contributed by atoms with Crippen molar-refractivity contribution in [3.63, 3.8) is 0 Å². The maximum absolute atomic E-state index is 12.3. The molecule has 130 valence electrons. The van der Waals surface area contributed by atoms with E-state index >= 15 is 0 Å². The van der Waals surface area contributed by atoms with Gasteiger partial charge in [0.25, 0.3) is 0 Å². The summed E-state index contributed by atoms with van der Waals surface area (Å²) in [6.07, 6.45) is 3.42. The monoisotopic (exact) mass is 356 g/mol. The van der Waals surface area contributed by atoms with Gasteiger partial charge in [-0.1, -0.05) is 6.07 Å². The number of nitrogens with one attached hydrogen (secondary N) is 2. The molecule has 0 aliphatic carbocycles. The van der Waals surface area contributed by atoms with E-state index in [0.717, 1.165) is 47.0 Å². The highest BCUT2D eigenvalue weighted by molar-refractivity contribution is 7.09. The molecule has 1 amide bonds. The van der Waals surface area contributed by atoms with Crippen LogP contribution in [0.3, 0.4) is 0 Å². The average molecular weight is 356 g/mol. The number of amides is 1. The number of ether oxygens (including phenoxy) is 2. The van der Waals surface area contributed by atoms with Crippen molar-refractivity contribution in [3.05, 3.63) is 51.7 Å². The molecule has 2 aliphatic heterocycles. The molecular weight excluding hydrogens is 336 g/mol. The molecule has 2 N–H and O–H groups in total. The van der Waals surface area contributed by atoms with Gasteiger partial charge in [0.15, 0.2) is 11.5 Å². The Morgan fingerprint density at radius 1 is 1.28 bits per heavy atom. The largest absolute Gasteiger partial charge is 0.490 e. The van der Waals surface area contributed by atoms with Gasteiger partial charge in [0.1, 0.15) is 0 Å². The molecule has 3 heterocycles. The van der Waals surface area contributed by atoms with Crippen LogP contribution in [0.2, 0.25) is 0 Å². The molecule has 0 spiro atoms. The van der Waals surface area contributed by atoms with E-state index < -0.39 is 0 Å². The first kappa shape index (κ1) is 16.0. The molecule has 0 unspecified atom stereocenters. The molecule has 4 rings (SSSR count). The zero-order valence-corrected chi connectivity index (χ0v) is 14.7. The Bertz CT molecular complexity index is 799. The zero-order chi connectivity index (χ0) is 17.1. The van der Waals surface area contributed by atoms with Crippen LogP contribution in [0.5, 0.6) is 11.5 Å². The van der Waals surface area contributed by atoms with E-state index in [1.54, 1.807) is 17.4 Å². The predicted octanol–water partition coefficient (Wildman–Crippen LogP) is 2.71. The van der Waals surface area contributed by atoms with Gasteiger partial charge in [-0.05, 0) is 35.6 Å². The summed E-state index contributed by atoms with van der Waals surface area (Å²) in [5.41, 5.74) is 3.03. The first-order valence-corrected chi connectivity index (χ1v) is 9.36. The summed E-state index contributed by atoms with van der Waals surface area (Å²) >= 11 is 1.64. The Hall–Kier alpha value is -2.47. The lowest BCUT2D eigenvalue weighted by Gasteiger charge is -2.23. The standard InChI is InChI=1S/C19H20N2O3S/c22-19(21-12-14-3-1-8-25-14)11-16-15-10-18-17(23-6-2-7-24-18)9-13(15)4-5-20-16/h1,3,8-11,20H,2,4-7,12H2,(H,21,22)/b16-11-. The van der Waals surface area contributed by atoms with Crippen molar-refractivity contribution < 1.29 is 14.3 Å². The molecule has 2 aromatic rings. The fourth-order valence-electron chi connectivity index (χ4n) is 3.03. The summed E-state index contributed by atoms with van der Waals surface area (Å²) in [7, 11) is 0. The second-order valence-electron chi connectivity index (χ2n) is 6.04. The molecule has 0 saturated heterocycles. The average Bonchev–Trinajstić information content (AvgIpc) is 3.04. The summed E-state index contributed by atoms with van der Waals surface area (Å²) in [5, 5.41) is 8.27. The summed E-state index contributed by atoms with van der Waals surface area (Å²) in [5.74, 6) is 1.46. The fraction of sp³-hybridized carbons (Fsp3) is 0.316. The quantitative estimate of drug-likeness (QED) is 0.830. The van der Waals surface area contributed by atoms with Crippen LogP contribution in [-0.4, -0.2) is 25.7 Å². The molecular formula is C19H20N2O3S. The van der Waals surface area contributed by atoms with Crippen LogP contribution >= 0.6 is 11.3 Å². The van der Waals surface area contributed by atoms with Crippen LogP contribution in [0.15, 0.2) is 35.7 Å². The molecule has 0 fully saturated rings. The van der Waals surface area contributed by atoms with Crippen LogP contribution in [0.1, 0.15) is 22.4 Å². The van der Waals surface area contributed by atoms with Crippen molar-refractivity contribution in [3.8, 4) is 11.5 Å². The highest BCUT2D eigenvalue weighted by Gasteiger charge is 2.20. The number of hydrogen-bond donors (Lipinski definition) is 2. The Morgan fingerprint density at radius 3 is 2.92 bits per heavy atom. The molecule has 25 heavy (non-hydrogen) atoms. The molecule has 0 radical (unpaired) electrons. The topological polar surface area (TPSA) is 59.6 Å². The van der Waals surface area contributed by atoms with Gasteiger partial charge in [0, 0.05) is 35.2 Å². The first-order chi connectivity index (χ1) is 12.3. The van der Waals surface area contributed by atoms with Crippen LogP contribution in [0.25, 0.3) is 5.70 Å². The van der Waals surface area contributed by atoms with Crippen molar-refractivity contribution in [1.29, 1.82) is 0 Å². The summed E-state index contributed by atoms with van der Waals surface area (Å²) in [6.45, 7) is 2.68. The van der Waals surface area contributed by atoms with Gasteiger partial charge in [-0.15, -0.1) is 11.3 Å². The Morgan fingerprint density at radius 2 is 2.12 bits per heavy atom. The molecule has 5 nitrogen and oxygen atoms in total. The highest BCUT2D eigenvalue weighted by atomic mass is 32.1. The maximum Gasteiger partial charge on any atom is 0.246 e. The summed E-state index contributed by atoms with van der Waals surface area (Å²) < 4.78 is 11.6. The molecule has 0 saturated carbocycles.